The fourth-order valence-electron chi connectivity index (χ4n) is 2.85. The molecule has 0 bridgehead atoms. The highest BCUT2D eigenvalue weighted by Crippen LogP contribution is 2.32. The number of para-hydroxylation sites is 1. The van der Waals surface area contributed by atoms with E-state index in [1.165, 1.54) is 32.3 Å². The quantitative estimate of drug-likeness (QED) is 0.387. The maximum absolute atomic E-state index is 12.4. The Morgan fingerprint density at radius 1 is 1.26 bits per heavy atom. The number of rotatable bonds is 6. The predicted molar refractivity (Wildman–Crippen MR) is 119 cm³/mol. The van der Waals surface area contributed by atoms with Crippen molar-refractivity contribution in [3.05, 3.63) is 36.3 Å². The van der Waals surface area contributed by atoms with Gasteiger partial charge in [0.25, 0.3) is 0 Å². The zero-order valence-electron chi connectivity index (χ0n) is 17.3. The topological polar surface area (TPSA) is 154 Å². The van der Waals surface area contributed by atoms with Crippen LogP contribution in [0.15, 0.2) is 48.6 Å². The number of nitrogens with zero attached hydrogens (tertiary/aromatic N) is 3. The third-order valence-corrected chi connectivity index (χ3v) is 7.14. The van der Waals surface area contributed by atoms with Crippen molar-refractivity contribution in [2.45, 2.75) is 24.3 Å². The summed E-state index contributed by atoms with van der Waals surface area (Å²) in [6.45, 7) is 1.88. The minimum atomic E-state index is -4.15. The van der Waals surface area contributed by atoms with Crippen LogP contribution < -0.4 is 16.1 Å². The first-order valence-corrected chi connectivity index (χ1v) is 12.1. The Hall–Kier alpha value is -2.84. The molecule has 2 heterocycles. The van der Waals surface area contributed by atoms with E-state index in [0.29, 0.717) is 12.2 Å². The van der Waals surface area contributed by atoms with Crippen LogP contribution in [0.3, 0.4) is 0 Å². The van der Waals surface area contributed by atoms with Gasteiger partial charge in [0.2, 0.25) is 10.0 Å². The highest BCUT2D eigenvalue weighted by atomic mass is 32.2. The molecule has 31 heavy (non-hydrogen) atoms. The second-order valence-corrected chi connectivity index (χ2v) is 10.4. The van der Waals surface area contributed by atoms with E-state index in [1.807, 2.05) is 20.8 Å². The summed E-state index contributed by atoms with van der Waals surface area (Å²) in [7, 11) is -3.55. The molecule has 1 atom stereocenters. The second-order valence-electron chi connectivity index (χ2n) is 7.02. The van der Waals surface area contributed by atoms with E-state index in [0.717, 1.165) is 9.77 Å². The highest BCUT2D eigenvalue weighted by Gasteiger charge is 2.29. The largest absolute Gasteiger partial charge is 0.504 e. The maximum Gasteiger partial charge on any atom is 0.367 e. The summed E-state index contributed by atoms with van der Waals surface area (Å²) in [5.41, 5.74) is 0.863. The van der Waals surface area contributed by atoms with Crippen molar-refractivity contribution >= 4 is 50.9 Å². The van der Waals surface area contributed by atoms with Crippen LogP contribution in [0.1, 0.15) is 25.1 Å². The van der Waals surface area contributed by atoms with Crippen LogP contribution >= 0.6 is 0 Å². The summed E-state index contributed by atoms with van der Waals surface area (Å²) in [5, 5.41) is 16.2. The Balaban J connectivity index is 1.93. The molecule has 0 amide bonds. The van der Waals surface area contributed by atoms with Crippen molar-refractivity contribution < 1.29 is 26.4 Å². The van der Waals surface area contributed by atoms with Gasteiger partial charge in [0.05, 0.1) is 18.0 Å². The molecule has 2 aromatic rings. The van der Waals surface area contributed by atoms with E-state index < -0.39 is 26.0 Å². The number of nitrogens with one attached hydrogen (secondary N) is 2. The average Bonchev–Trinajstić information content (AvgIpc) is 3.23. The average molecular weight is 467 g/mol. The first-order valence-electron chi connectivity index (χ1n) is 9.23. The fraction of sp³-hybridized carbons (Fsp3) is 0.294. The van der Waals surface area contributed by atoms with Gasteiger partial charge in [0, 0.05) is 14.1 Å². The van der Waals surface area contributed by atoms with Crippen molar-refractivity contribution in [3.8, 4) is 5.75 Å². The molecule has 0 saturated carbocycles. The maximum atomic E-state index is 12.4. The Bertz CT molecular complexity index is 1270. The number of hydrogen-bond acceptors (Lipinski definition) is 8. The molecule has 11 nitrogen and oxygen atoms in total. The normalized spacial score (nSPS) is 16.6. The molecule has 0 spiro atoms. The minimum Gasteiger partial charge on any atom is -0.504 e. The molecule has 3 rings (SSSR count). The monoisotopic (exact) mass is 467 g/mol. The molecule has 1 aliphatic heterocycles. The lowest BCUT2D eigenvalue weighted by atomic mass is 9.99. The first kappa shape index (κ1) is 22.8. The molecule has 1 aliphatic rings. The third-order valence-electron chi connectivity index (χ3n) is 4.46. The number of anilines is 1. The highest BCUT2D eigenvalue weighted by molar-refractivity contribution is 7.89. The molecular weight excluding hydrogens is 445 g/mol. The van der Waals surface area contributed by atoms with Crippen LogP contribution in [0.4, 0.5) is 5.69 Å². The molecule has 3 N–H and O–H groups in total. The number of amidine groups is 2. The van der Waals surface area contributed by atoms with Gasteiger partial charge in [-0.1, -0.05) is 18.5 Å². The zero-order valence-corrected chi connectivity index (χ0v) is 19.0. The van der Waals surface area contributed by atoms with Crippen molar-refractivity contribution in [3.63, 3.8) is 0 Å². The van der Waals surface area contributed by atoms with Gasteiger partial charge in [-0.25, -0.2) is 12.7 Å². The number of benzene rings is 1. The molecule has 0 saturated heterocycles. The lowest BCUT2D eigenvalue weighted by molar-refractivity contribution is 0.441. The van der Waals surface area contributed by atoms with Crippen LogP contribution in [-0.4, -0.2) is 59.9 Å². The second kappa shape index (κ2) is 8.36. The molecule has 166 valence electrons. The number of furan rings is 1. The number of aromatic hydroxyl groups is 1. The fourth-order valence-corrected chi connectivity index (χ4v) is 4.62. The van der Waals surface area contributed by atoms with Gasteiger partial charge < -0.3 is 20.2 Å². The van der Waals surface area contributed by atoms with Crippen LogP contribution in [-0.2, 0) is 20.2 Å². The Morgan fingerprint density at radius 2 is 1.94 bits per heavy atom. The standard InChI is InChI=1S/C17H22BN5O6S2/c1-4-11(13-8-10(18)9-29-13)19-16-17(22-31(27,28)21-16)20-12-6-5-7-14(15(12)24)30(25,26)23(2)3/h5-9,11,24H,4,18H2,1-3H3,(H,19,21)(H,20,22)/t11-/m1/s1. The van der Waals surface area contributed by atoms with Crippen LogP contribution in [0.25, 0.3) is 0 Å². The molecule has 1 aromatic heterocycles. The van der Waals surface area contributed by atoms with Gasteiger partial charge in [0.1, 0.15) is 18.5 Å². The van der Waals surface area contributed by atoms with Gasteiger partial charge in [-0.05, 0) is 24.6 Å². The van der Waals surface area contributed by atoms with Gasteiger partial charge >= 0.3 is 10.2 Å². The number of sulfonamides is 1. The number of phenols is 1. The molecule has 0 radical (unpaired) electrons. The van der Waals surface area contributed by atoms with Crippen LogP contribution in [0.2, 0.25) is 0 Å². The summed E-state index contributed by atoms with van der Waals surface area (Å²) in [4.78, 5) is -0.340. The molecule has 1 aromatic carbocycles. The van der Waals surface area contributed by atoms with Crippen LogP contribution in [0.5, 0.6) is 5.75 Å². The van der Waals surface area contributed by atoms with Gasteiger partial charge in [-0.15, -0.1) is 8.80 Å². The minimum absolute atomic E-state index is 0.0461. The lowest BCUT2D eigenvalue weighted by Gasteiger charge is -2.18. The summed E-state index contributed by atoms with van der Waals surface area (Å²) in [5.74, 6) is -0.248. The van der Waals surface area contributed by atoms with E-state index in [2.05, 4.69) is 19.4 Å². The molecule has 0 fully saturated rings. The molecular formula is C17H22BN5O6S2. The van der Waals surface area contributed by atoms with E-state index in [-0.39, 0.29) is 28.3 Å². The van der Waals surface area contributed by atoms with Crippen molar-refractivity contribution in [2.24, 2.45) is 8.80 Å². The van der Waals surface area contributed by atoms with Crippen molar-refractivity contribution in [1.29, 1.82) is 0 Å². The van der Waals surface area contributed by atoms with E-state index in [4.69, 9.17) is 4.42 Å². The molecule has 14 heteroatoms. The van der Waals surface area contributed by atoms with Crippen LogP contribution in [0, 0.1) is 0 Å². The summed E-state index contributed by atoms with van der Waals surface area (Å²) in [6.07, 6.45) is 2.13. The van der Waals surface area contributed by atoms with Gasteiger partial charge in [-0.3, -0.25) is 0 Å². The number of phenolic OH excluding ortho intramolecular Hbond substituents is 1. The smallest absolute Gasteiger partial charge is 0.367 e. The predicted octanol–water partition coefficient (Wildman–Crippen LogP) is -0.298. The van der Waals surface area contributed by atoms with E-state index in [9.17, 15) is 21.9 Å². The van der Waals surface area contributed by atoms with E-state index in [1.54, 1.807) is 6.26 Å². The van der Waals surface area contributed by atoms with Crippen molar-refractivity contribution in [1.82, 2.24) is 9.62 Å². The summed E-state index contributed by atoms with van der Waals surface area (Å²) < 4.78 is 62.5. The van der Waals surface area contributed by atoms with Crippen molar-refractivity contribution in [2.75, 3.05) is 19.4 Å². The SMILES string of the molecule is Bc1coc([C@@H](CC)NC2=NS(=O)(=O)N=C2Nc2cccc(S(=O)(=O)N(C)C)c2O)c1. The molecule has 0 unspecified atom stereocenters. The summed E-state index contributed by atoms with van der Waals surface area (Å²) in [6, 6.07) is 5.47. The Labute approximate surface area is 181 Å². The lowest BCUT2D eigenvalue weighted by Crippen LogP contribution is -2.36. The van der Waals surface area contributed by atoms with E-state index >= 15 is 0 Å². The first-order chi connectivity index (χ1) is 14.4. The third kappa shape index (κ3) is 4.75. The van der Waals surface area contributed by atoms with Gasteiger partial charge in [0.15, 0.2) is 17.4 Å². The zero-order chi connectivity index (χ0) is 23.0. The Kier molecular flexibility index (Phi) is 6.16. The van der Waals surface area contributed by atoms with Gasteiger partial charge in [-0.2, -0.15) is 8.42 Å². The number of hydrogen-bond donors (Lipinski definition) is 3. The summed E-state index contributed by atoms with van der Waals surface area (Å²) >= 11 is 0. The molecule has 0 aliphatic carbocycles. The Morgan fingerprint density at radius 3 is 2.52 bits per heavy atom.